The molecule has 0 aromatic carbocycles. The van der Waals surface area contributed by atoms with E-state index in [2.05, 4.69) is 20.8 Å². The first-order chi connectivity index (χ1) is 15.7. The molecule has 0 atom stereocenters. The van der Waals surface area contributed by atoms with Gasteiger partial charge in [-0.15, -0.1) is 0 Å². The van der Waals surface area contributed by atoms with Crippen LogP contribution in [0.4, 0.5) is 0 Å². The zero-order chi connectivity index (χ0) is 23.6. The Kier molecular flexibility index (Phi) is 25.9. The lowest BCUT2D eigenvalue weighted by molar-refractivity contribution is 0.197. The van der Waals surface area contributed by atoms with Gasteiger partial charge in [-0.2, -0.15) is 0 Å². The van der Waals surface area contributed by atoms with E-state index in [4.69, 9.17) is 9.05 Å². The summed E-state index contributed by atoms with van der Waals surface area (Å²) < 4.78 is 24.6. The second kappa shape index (κ2) is 25.8. The molecular weight excluding hydrogens is 415 g/mol. The SMILES string of the molecule is CCCCCCCCCCCCCCCCCCP(=O)(OCCCCC)OCCCCC. The lowest BCUT2D eigenvalue weighted by Gasteiger charge is -2.18. The minimum absolute atomic E-state index is 0.581. The van der Waals surface area contributed by atoms with Gasteiger partial charge in [-0.3, -0.25) is 4.57 Å². The summed E-state index contributed by atoms with van der Waals surface area (Å²) in [6.07, 6.45) is 28.8. The molecule has 0 saturated carbocycles. The third-order valence-corrected chi connectivity index (χ3v) is 8.37. The van der Waals surface area contributed by atoms with Crippen LogP contribution in [0.25, 0.3) is 0 Å². The van der Waals surface area contributed by atoms with Crippen molar-refractivity contribution in [1.29, 1.82) is 0 Å². The summed E-state index contributed by atoms with van der Waals surface area (Å²) in [4.78, 5) is 0. The van der Waals surface area contributed by atoms with E-state index in [1.807, 2.05) is 0 Å². The summed E-state index contributed by atoms with van der Waals surface area (Å²) >= 11 is 0. The molecule has 0 spiro atoms. The molecule has 4 heteroatoms. The van der Waals surface area contributed by atoms with Gasteiger partial charge >= 0.3 is 7.60 Å². The molecule has 0 bridgehead atoms. The van der Waals surface area contributed by atoms with Crippen LogP contribution < -0.4 is 0 Å². The van der Waals surface area contributed by atoms with Crippen LogP contribution in [0.2, 0.25) is 0 Å². The summed E-state index contributed by atoms with van der Waals surface area (Å²) in [5.74, 6) is 0. The van der Waals surface area contributed by atoms with Crippen molar-refractivity contribution in [3.8, 4) is 0 Å². The summed E-state index contributed by atoms with van der Waals surface area (Å²) in [6, 6.07) is 0. The van der Waals surface area contributed by atoms with Gasteiger partial charge in [0.1, 0.15) is 0 Å². The number of unbranched alkanes of at least 4 members (excludes halogenated alkanes) is 19. The molecule has 0 amide bonds. The normalized spacial score (nSPS) is 12.0. The Bertz CT molecular complexity index is 384. The van der Waals surface area contributed by atoms with Crippen LogP contribution >= 0.6 is 7.60 Å². The lowest BCUT2D eigenvalue weighted by atomic mass is 10.0. The molecule has 0 radical (unpaired) electrons. The molecule has 0 rings (SSSR count). The average molecular weight is 475 g/mol. The molecule has 0 aromatic heterocycles. The highest BCUT2D eigenvalue weighted by molar-refractivity contribution is 7.53. The van der Waals surface area contributed by atoms with Gasteiger partial charge in [-0.1, -0.05) is 143 Å². The summed E-state index contributed by atoms with van der Waals surface area (Å²) in [7, 11) is -2.89. The Morgan fingerprint density at radius 2 is 0.688 bits per heavy atom. The Morgan fingerprint density at radius 3 is 1.03 bits per heavy atom. The zero-order valence-electron chi connectivity index (χ0n) is 22.3. The Balaban J connectivity index is 3.63. The predicted octanol–water partition coefficient (Wildman–Crippen LogP) is 10.9. The van der Waals surface area contributed by atoms with Crippen molar-refractivity contribution in [2.45, 2.75) is 162 Å². The molecule has 0 fully saturated rings. The van der Waals surface area contributed by atoms with Crippen molar-refractivity contribution in [3.05, 3.63) is 0 Å². The van der Waals surface area contributed by atoms with Crippen LogP contribution in [0.15, 0.2) is 0 Å². The van der Waals surface area contributed by atoms with Crippen LogP contribution in [0.5, 0.6) is 0 Å². The van der Waals surface area contributed by atoms with Gasteiger partial charge in [0.25, 0.3) is 0 Å². The standard InChI is InChI=1S/C28H59O3P/c1-4-7-10-11-12-13-14-15-16-17-18-19-20-21-22-25-28-32(29,30-26-23-8-5-2)31-27-24-9-6-3/h4-28H2,1-3H3. The van der Waals surface area contributed by atoms with Gasteiger partial charge in [0.15, 0.2) is 0 Å². The van der Waals surface area contributed by atoms with Crippen molar-refractivity contribution in [3.63, 3.8) is 0 Å². The first kappa shape index (κ1) is 32.1. The maximum absolute atomic E-state index is 13.0. The quantitative estimate of drug-likeness (QED) is 0.0877. The lowest BCUT2D eigenvalue weighted by Crippen LogP contribution is -2.03. The molecule has 0 saturated heterocycles. The fourth-order valence-corrected chi connectivity index (χ4v) is 5.89. The number of rotatable bonds is 27. The third kappa shape index (κ3) is 23.3. The maximum Gasteiger partial charge on any atom is 0.330 e. The number of hydrogen-bond acceptors (Lipinski definition) is 3. The van der Waals surface area contributed by atoms with Gasteiger partial charge in [-0.05, 0) is 19.3 Å². The van der Waals surface area contributed by atoms with E-state index in [0.717, 1.165) is 51.4 Å². The van der Waals surface area contributed by atoms with E-state index in [-0.39, 0.29) is 0 Å². The van der Waals surface area contributed by atoms with Crippen LogP contribution in [0.1, 0.15) is 162 Å². The first-order valence-electron chi connectivity index (χ1n) is 14.6. The van der Waals surface area contributed by atoms with E-state index in [0.29, 0.717) is 19.4 Å². The van der Waals surface area contributed by atoms with Crippen molar-refractivity contribution >= 4 is 7.60 Å². The smallest absolute Gasteiger partial charge is 0.309 e. The van der Waals surface area contributed by atoms with Crippen molar-refractivity contribution in [2.75, 3.05) is 19.4 Å². The molecule has 0 unspecified atom stereocenters. The molecule has 3 nitrogen and oxygen atoms in total. The van der Waals surface area contributed by atoms with Crippen molar-refractivity contribution in [1.82, 2.24) is 0 Å². The molecule has 0 aliphatic rings. The molecule has 0 aromatic rings. The minimum Gasteiger partial charge on any atom is -0.309 e. The van der Waals surface area contributed by atoms with Crippen molar-refractivity contribution < 1.29 is 13.6 Å². The van der Waals surface area contributed by atoms with Crippen LogP contribution in [-0.4, -0.2) is 19.4 Å². The van der Waals surface area contributed by atoms with E-state index in [1.54, 1.807) is 0 Å². The fraction of sp³-hybridized carbons (Fsp3) is 1.00. The Morgan fingerprint density at radius 1 is 0.406 bits per heavy atom. The van der Waals surface area contributed by atoms with E-state index >= 15 is 0 Å². The highest BCUT2D eigenvalue weighted by Crippen LogP contribution is 2.49. The van der Waals surface area contributed by atoms with Crippen LogP contribution in [-0.2, 0) is 13.6 Å². The van der Waals surface area contributed by atoms with E-state index < -0.39 is 7.60 Å². The topological polar surface area (TPSA) is 35.5 Å². The fourth-order valence-electron chi connectivity index (χ4n) is 4.13. The highest BCUT2D eigenvalue weighted by atomic mass is 31.2. The van der Waals surface area contributed by atoms with Gasteiger partial charge in [-0.25, -0.2) is 0 Å². The molecular formula is C28H59O3P. The minimum atomic E-state index is -2.89. The molecule has 0 heterocycles. The summed E-state index contributed by atoms with van der Waals surface area (Å²) in [6.45, 7) is 7.80. The van der Waals surface area contributed by atoms with Gasteiger partial charge < -0.3 is 9.05 Å². The monoisotopic (exact) mass is 474 g/mol. The molecule has 0 aliphatic heterocycles. The second-order valence-electron chi connectivity index (χ2n) is 9.72. The Labute approximate surface area is 202 Å². The average Bonchev–Trinajstić information content (AvgIpc) is 2.79. The number of hydrogen-bond donors (Lipinski definition) is 0. The first-order valence-corrected chi connectivity index (χ1v) is 16.3. The van der Waals surface area contributed by atoms with Gasteiger partial charge in [0, 0.05) is 0 Å². The van der Waals surface area contributed by atoms with Gasteiger partial charge in [0.05, 0.1) is 19.4 Å². The largest absolute Gasteiger partial charge is 0.330 e. The van der Waals surface area contributed by atoms with Crippen LogP contribution in [0, 0.1) is 0 Å². The maximum atomic E-state index is 13.0. The van der Waals surface area contributed by atoms with Crippen LogP contribution in [0.3, 0.4) is 0 Å². The van der Waals surface area contributed by atoms with E-state index in [9.17, 15) is 4.57 Å². The van der Waals surface area contributed by atoms with Gasteiger partial charge in [0.2, 0.25) is 0 Å². The molecule has 32 heavy (non-hydrogen) atoms. The molecule has 194 valence electrons. The predicted molar refractivity (Wildman–Crippen MR) is 143 cm³/mol. The summed E-state index contributed by atoms with van der Waals surface area (Å²) in [5.41, 5.74) is 0. The molecule has 0 N–H and O–H groups in total. The Hall–Kier alpha value is 0.150. The summed E-state index contributed by atoms with van der Waals surface area (Å²) in [5, 5.41) is 0. The second-order valence-corrected chi connectivity index (χ2v) is 11.9. The zero-order valence-corrected chi connectivity index (χ0v) is 23.2. The molecule has 0 aliphatic carbocycles. The van der Waals surface area contributed by atoms with Crippen molar-refractivity contribution in [2.24, 2.45) is 0 Å². The van der Waals surface area contributed by atoms with E-state index in [1.165, 1.54) is 89.9 Å². The highest BCUT2D eigenvalue weighted by Gasteiger charge is 2.23. The third-order valence-electron chi connectivity index (χ3n) is 6.36.